The molecule has 174 valence electrons. The zero-order valence-electron chi connectivity index (χ0n) is 19.8. The third kappa shape index (κ3) is 8.05. The predicted molar refractivity (Wildman–Crippen MR) is 120 cm³/mol. The molecule has 0 atom stereocenters. The van der Waals surface area contributed by atoms with Crippen LogP contribution in [0.1, 0.15) is 59.9 Å². The summed E-state index contributed by atoms with van der Waals surface area (Å²) < 4.78 is 16.5. The largest absolute Gasteiger partial charge is 0.492 e. The summed E-state index contributed by atoms with van der Waals surface area (Å²) in [4.78, 5) is 25.0. The Hall–Kier alpha value is -2.28. The molecule has 1 heterocycles. The van der Waals surface area contributed by atoms with Crippen LogP contribution in [0.25, 0.3) is 0 Å². The van der Waals surface area contributed by atoms with E-state index in [2.05, 4.69) is 43.5 Å². The number of hydrogen-bond acceptors (Lipinski definition) is 5. The van der Waals surface area contributed by atoms with Gasteiger partial charge in [-0.1, -0.05) is 32.9 Å². The van der Waals surface area contributed by atoms with Crippen molar-refractivity contribution in [3.8, 4) is 5.75 Å². The summed E-state index contributed by atoms with van der Waals surface area (Å²) in [5.41, 5.74) is 0.0472. The fourth-order valence-electron chi connectivity index (χ4n) is 3.37. The van der Waals surface area contributed by atoms with E-state index < -0.39 is 17.1 Å². The molecule has 1 aliphatic heterocycles. The SMILES string of the molecule is CC(C)(C)OC(=O)NCC1(C(=O)NCCOc2ccc(C(C)(C)C)cc2)CCOCC1. The molecule has 0 spiro atoms. The first-order chi connectivity index (χ1) is 14.4. The number of nitrogens with one attached hydrogen (secondary N) is 2. The van der Waals surface area contributed by atoms with Gasteiger partial charge in [0, 0.05) is 19.8 Å². The van der Waals surface area contributed by atoms with Crippen LogP contribution in [0.4, 0.5) is 4.79 Å². The Morgan fingerprint density at radius 2 is 1.61 bits per heavy atom. The number of ether oxygens (including phenoxy) is 3. The summed E-state index contributed by atoms with van der Waals surface area (Å²) in [7, 11) is 0. The molecule has 1 fully saturated rings. The first-order valence-electron chi connectivity index (χ1n) is 11.0. The fourth-order valence-corrected chi connectivity index (χ4v) is 3.37. The average molecular weight is 435 g/mol. The minimum Gasteiger partial charge on any atom is -0.492 e. The second-order valence-corrected chi connectivity index (χ2v) is 10.1. The van der Waals surface area contributed by atoms with E-state index in [-0.39, 0.29) is 17.9 Å². The molecule has 0 radical (unpaired) electrons. The summed E-state index contributed by atoms with van der Waals surface area (Å²) in [6.07, 6.45) is 0.571. The van der Waals surface area contributed by atoms with Crippen molar-refractivity contribution >= 4 is 12.0 Å². The first-order valence-corrected chi connectivity index (χ1v) is 11.0. The molecule has 7 heteroatoms. The van der Waals surface area contributed by atoms with Crippen molar-refractivity contribution in [2.45, 2.75) is 65.4 Å². The Morgan fingerprint density at radius 3 is 2.16 bits per heavy atom. The molecule has 0 unspecified atom stereocenters. The summed E-state index contributed by atoms with van der Waals surface area (Å²) in [5.74, 6) is 0.674. The van der Waals surface area contributed by atoms with Crippen LogP contribution < -0.4 is 15.4 Å². The lowest BCUT2D eigenvalue weighted by molar-refractivity contribution is -0.136. The normalized spacial score (nSPS) is 16.3. The number of benzene rings is 1. The molecule has 2 N–H and O–H groups in total. The molecule has 7 nitrogen and oxygen atoms in total. The highest BCUT2D eigenvalue weighted by molar-refractivity contribution is 5.83. The van der Waals surface area contributed by atoms with E-state index in [4.69, 9.17) is 14.2 Å². The van der Waals surface area contributed by atoms with Crippen molar-refractivity contribution in [1.82, 2.24) is 10.6 Å². The minimum absolute atomic E-state index is 0.0951. The summed E-state index contributed by atoms with van der Waals surface area (Å²) in [5, 5.41) is 5.71. The lowest BCUT2D eigenvalue weighted by Gasteiger charge is -2.36. The van der Waals surface area contributed by atoms with Gasteiger partial charge in [-0.25, -0.2) is 4.79 Å². The van der Waals surface area contributed by atoms with Crippen LogP contribution in [-0.2, 0) is 19.7 Å². The molecule has 1 aromatic rings. The van der Waals surface area contributed by atoms with E-state index in [1.165, 1.54) is 5.56 Å². The van der Waals surface area contributed by atoms with Gasteiger partial charge in [0.1, 0.15) is 18.0 Å². The number of carbonyl (C=O) groups excluding carboxylic acids is 2. The van der Waals surface area contributed by atoms with Gasteiger partial charge in [0.15, 0.2) is 0 Å². The number of alkyl carbamates (subject to hydrolysis) is 1. The second kappa shape index (κ2) is 10.4. The molecule has 2 rings (SSSR count). The van der Waals surface area contributed by atoms with E-state index in [1.54, 1.807) is 20.8 Å². The van der Waals surface area contributed by atoms with E-state index in [9.17, 15) is 9.59 Å². The molecule has 31 heavy (non-hydrogen) atoms. The van der Waals surface area contributed by atoms with Gasteiger partial charge in [0.2, 0.25) is 5.91 Å². The van der Waals surface area contributed by atoms with E-state index >= 15 is 0 Å². The Balaban J connectivity index is 1.84. The van der Waals surface area contributed by atoms with E-state index in [0.29, 0.717) is 39.2 Å². The average Bonchev–Trinajstić information content (AvgIpc) is 2.68. The van der Waals surface area contributed by atoms with Crippen LogP contribution in [-0.4, -0.2) is 50.5 Å². The second-order valence-electron chi connectivity index (χ2n) is 10.1. The van der Waals surface area contributed by atoms with Gasteiger partial charge in [-0.2, -0.15) is 0 Å². The highest BCUT2D eigenvalue weighted by Crippen LogP contribution is 2.30. The molecule has 0 aliphatic carbocycles. The number of rotatable bonds is 7. The van der Waals surface area contributed by atoms with E-state index in [1.807, 2.05) is 12.1 Å². The number of carbonyl (C=O) groups is 2. The summed E-state index contributed by atoms with van der Waals surface area (Å²) in [6.45, 7) is 13.9. The molecule has 2 amide bonds. The van der Waals surface area contributed by atoms with Crippen molar-refractivity contribution in [2.75, 3.05) is 32.9 Å². The number of hydrogen-bond donors (Lipinski definition) is 2. The van der Waals surface area contributed by atoms with Crippen molar-refractivity contribution in [3.05, 3.63) is 29.8 Å². The zero-order valence-corrected chi connectivity index (χ0v) is 19.8. The third-order valence-electron chi connectivity index (χ3n) is 5.28. The lowest BCUT2D eigenvalue weighted by atomic mass is 9.79. The Morgan fingerprint density at radius 1 is 1.00 bits per heavy atom. The van der Waals surface area contributed by atoms with Gasteiger partial charge in [0.05, 0.1) is 12.0 Å². The topological polar surface area (TPSA) is 85.9 Å². The quantitative estimate of drug-likeness (QED) is 0.638. The Labute approximate surface area is 186 Å². The number of amides is 2. The monoisotopic (exact) mass is 434 g/mol. The highest BCUT2D eigenvalue weighted by Gasteiger charge is 2.40. The smallest absolute Gasteiger partial charge is 0.407 e. The van der Waals surface area contributed by atoms with Crippen molar-refractivity contribution in [3.63, 3.8) is 0 Å². The maximum Gasteiger partial charge on any atom is 0.407 e. The molecule has 0 aromatic heterocycles. The van der Waals surface area contributed by atoms with Crippen LogP contribution in [0.2, 0.25) is 0 Å². The molecular formula is C24H38N2O5. The van der Waals surface area contributed by atoms with Crippen molar-refractivity contribution in [2.24, 2.45) is 5.41 Å². The minimum atomic E-state index is -0.705. The molecule has 0 bridgehead atoms. The van der Waals surface area contributed by atoms with Gasteiger partial charge < -0.3 is 24.8 Å². The predicted octanol–water partition coefficient (Wildman–Crippen LogP) is 3.80. The molecule has 0 saturated carbocycles. The van der Waals surface area contributed by atoms with Gasteiger partial charge in [-0.3, -0.25) is 4.79 Å². The summed E-state index contributed by atoms with van der Waals surface area (Å²) >= 11 is 0. The fraction of sp³-hybridized carbons (Fsp3) is 0.667. The highest BCUT2D eigenvalue weighted by atomic mass is 16.6. The molecular weight excluding hydrogens is 396 g/mol. The maximum absolute atomic E-state index is 13.0. The zero-order chi connectivity index (χ0) is 23.1. The van der Waals surface area contributed by atoms with Crippen LogP contribution in [0.3, 0.4) is 0 Å². The summed E-state index contributed by atoms with van der Waals surface area (Å²) in [6, 6.07) is 8.03. The van der Waals surface area contributed by atoms with Crippen LogP contribution >= 0.6 is 0 Å². The lowest BCUT2D eigenvalue weighted by Crippen LogP contribution is -2.52. The molecule has 1 saturated heterocycles. The van der Waals surface area contributed by atoms with Crippen LogP contribution in [0.5, 0.6) is 5.75 Å². The van der Waals surface area contributed by atoms with Crippen molar-refractivity contribution in [1.29, 1.82) is 0 Å². The van der Waals surface area contributed by atoms with Crippen LogP contribution in [0.15, 0.2) is 24.3 Å². The van der Waals surface area contributed by atoms with Gasteiger partial charge in [-0.15, -0.1) is 0 Å². The standard InChI is InChI=1S/C24H38N2O5/c1-22(2,3)18-7-9-19(10-8-18)30-16-13-25-20(27)24(11-14-29-15-12-24)17-26-21(28)31-23(4,5)6/h7-10H,11-17H2,1-6H3,(H,25,27)(H,26,28). The van der Waals surface area contributed by atoms with Gasteiger partial charge in [0.25, 0.3) is 0 Å². The molecule has 1 aliphatic rings. The Bertz CT molecular complexity index is 726. The first kappa shape index (κ1) is 25.0. The third-order valence-corrected chi connectivity index (χ3v) is 5.28. The van der Waals surface area contributed by atoms with Crippen molar-refractivity contribution < 1.29 is 23.8 Å². The van der Waals surface area contributed by atoms with Crippen LogP contribution in [0, 0.1) is 5.41 Å². The van der Waals surface area contributed by atoms with Gasteiger partial charge >= 0.3 is 6.09 Å². The van der Waals surface area contributed by atoms with E-state index in [0.717, 1.165) is 5.75 Å². The van der Waals surface area contributed by atoms with Gasteiger partial charge in [-0.05, 0) is 56.7 Å². The maximum atomic E-state index is 13.0. The Kier molecular flexibility index (Phi) is 8.34. The molecule has 1 aromatic carbocycles.